The first kappa shape index (κ1) is 18.4. The van der Waals surface area contributed by atoms with Crippen LogP contribution in [0, 0.1) is 34.6 Å². The van der Waals surface area contributed by atoms with Crippen molar-refractivity contribution >= 4 is 5.65 Å². The molecule has 3 aromatic rings. The van der Waals surface area contributed by atoms with Crippen molar-refractivity contribution in [1.29, 1.82) is 0 Å². The highest BCUT2D eigenvalue weighted by Gasteiger charge is 2.19. The van der Waals surface area contributed by atoms with Gasteiger partial charge >= 0.3 is 0 Å². The van der Waals surface area contributed by atoms with Gasteiger partial charge in [-0.3, -0.25) is 0 Å². The van der Waals surface area contributed by atoms with Crippen molar-refractivity contribution in [3.05, 3.63) is 46.3 Å². The van der Waals surface area contributed by atoms with E-state index in [0.29, 0.717) is 0 Å². The Hall–Kier alpha value is -2.36. The molecule has 3 rings (SSSR count). The minimum absolute atomic E-state index is 0.719. The average molecular weight is 351 g/mol. The molecule has 0 spiro atoms. The lowest BCUT2D eigenvalue weighted by Crippen LogP contribution is -2.04. The largest absolute Gasteiger partial charge is 0.490 e. The highest BCUT2D eigenvalue weighted by Crippen LogP contribution is 2.33. The molecule has 0 amide bonds. The van der Waals surface area contributed by atoms with Crippen molar-refractivity contribution in [3.63, 3.8) is 0 Å². The van der Waals surface area contributed by atoms with Crippen LogP contribution in [0.15, 0.2) is 18.2 Å². The number of imidazole rings is 1. The standard InChI is InChI=1S/C22H29N3O/c1-7-8-9-10-26-19-13-17(5)24-25-21(18(6)23-22(19)25)20-15(3)11-14(2)12-16(20)4/h11-13H,7-10H2,1-6H3. The van der Waals surface area contributed by atoms with Gasteiger partial charge in [-0.1, -0.05) is 37.5 Å². The number of ether oxygens (including phenoxy) is 1. The zero-order valence-corrected chi connectivity index (χ0v) is 16.8. The van der Waals surface area contributed by atoms with E-state index in [1.54, 1.807) is 0 Å². The Bertz CT molecular complexity index is 917. The molecule has 0 N–H and O–H groups in total. The average Bonchev–Trinajstić information content (AvgIpc) is 2.87. The molecule has 0 radical (unpaired) electrons. The van der Waals surface area contributed by atoms with Crippen molar-refractivity contribution < 1.29 is 4.74 Å². The lowest BCUT2D eigenvalue weighted by molar-refractivity contribution is 0.307. The third kappa shape index (κ3) is 3.46. The van der Waals surface area contributed by atoms with Gasteiger partial charge in [-0.2, -0.15) is 5.10 Å². The molecule has 0 aliphatic carbocycles. The van der Waals surface area contributed by atoms with Crippen molar-refractivity contribution in [1.82, 2.24) is 14.6 Å². The van der Waals surface area contributed by atoms with Gasteiger partial charge < -0.3 is 4.74 Å². The molecule has 2 heterocycles. The van der Waals surface area contributed by atoms with E-state index in [-0.39, 0.29) is 0 Å². The Morgan fingerprint density at radius 3 is 2.31 bits per heavy atom. The van der Waals surface area contributed by atoms with Gasteiger partial charge in [0, 0.05) is 11.6 Å². The lowest BCUT2D eigenvalue weighted by Gasteiger charge is -2.13. The molecular weight excluding hydrogens is 322 g/mol. The number of nitrogens with zero attached hydrogens (tertiary/aromatic N) is 3. The smallest absolute Gasteiger partial charge is 0.197 e. The summed E-state index contributed by atoms with van der Waals surface area (Å²) in [6, 6.07) is 6.44. The van der Waals surface area contributed by atoms with Gasteiger partial charge in [-0.25, -0.2) is 9.50 Å². The third-order valence-corrected chi connectivity index (χ3v) is 4.77. The van der Waals surface area contributed by atoms with Gasteiger partial charge in [0.2, 0.25) is 0 Å². The van der Waals surface area contributed by atoms with Crippen LogP contribution in [0.5, 0.6) is 5.75 Å². The summed E-state index contributed by atoms with van der Waals surface area (Å²) in [5.41, 5.74) is 8.79. The van der Waals surface area contributed by atoms with E-state index >= 15 is 0 Å². The molecule has 0 saturated heterocycles. The van der Waals surface area contributed by atoms with E-state index < -0.39 is 0 Å². The minimum atomic E-state index is 0.719. The molecule has 4 heteroatoms. The van der Waals surface area contributed by atoms with Crippen molar-refractivity contribution in [2.45, 2.75) is 60.8 Å². The Balaban J connectivity index is 2.14. The van der Waals surface area contributed by atoms with Gasteiger partial charge in [0.15, 0.2) is 11.4 Å². The summed E-state index contributed by atoms with van der Waals surface area (Å²) < 4.78 is 8.03. The molecule has 0 atom stereocenters. The Labute approximate surface area is 156 Å². The SMILES string of the molecule is CCCCCOc1cc(C)nn2c(-c3c(C)cc(C)cc3C)c(C)nc12. The van der Waals surface area contributed by atoms with Crippen molar-refractivity contribution in [2.24, 2.45) is 0 Å². The number of unbranched alkanes of at least 4 members (excludes halogenated alkanes) is 2. The fourth-order valence-corrected chi connectivity index (χ4v) is 3.70. The molecule has 4 nitrogen and oxygen atoms in total. The molecule has 0 aliphatic heterocycles. The van der Waals surface area contributed by atoms with E-state index in [2.05, 4.69) is 46.8 Å². The predicted molar refractivity (Wildman–Crippen MR) is 107 cm³/mol. The molecule has 0 unspecified atom stereocenters. The summed E-state index contributed by atoms with van der Waals surface area (Å²) in [6.45, 7) is 13.4. The second-order valence-corrected chi connectivity index (χ2v) is 7.26. The highest BCUT2D eigenvalue weighted by molar-refractivity contribution is 5.74. The van der Waals surface area contributed by atoms with Crippen LogP contribution < -0.4 is 4.74 Å². The first-order chi connectivity index (χ1) is 12.4. The molecule has 2 aromatic heterocycles. The number of hydrogen-bond donors (Lipinski definition) is 0. The van der Waals surface area contributed by atoms with Gasteiger partial charge in [0.25, 0.3) is 0 Å². The maximum atomic E-state index is 6.06. The van der Waals surface area contributed by atoms with Crippen LogP contribution in [0.2, 0.25) is 0 Å². The van der Waals surface area contributed by atoms with Gasteiger partial charge in [-0.05, 0) is 52.2 Å². The van der Waals surface area contributed by atoms with Crippen molar-refractivity contribution in [2.75, 3.05) is 6.61 Å². The summed E-state index contributed by atoms with van der Waals surface area (Å²) in [5.74, 6) is 0.824. The number of hydrogen-bond acceptors (Lipinski definition) is 3. The number of aromatic nitrogens is 3. The van der Waals surface area contributed by atoms with Crippen LogP contribution in [0.4, 0.5) is 0 Å². The summed E-state index contributed by atoms with van der Waals surface area (Å²) in [6.07, 6.45) is 3.43. The van der Waals surface area contributed by atoms with E-state index in [0.717, 1.165) is 41.5 Å². The van der Waals surface area contributed by atoms with Crippen LogP contribution in [0.1, 0.15) is 54.3 Å². The summed E-state index contributed by atoms with van der Waals surface area (Å²) >= 11 is 0. The lowest BCUT2D eigenvalue weighted by atomic mass is 9.96. The molecule has 0 aliphatic rings. The Morgan fingerprint density at radius 2 is 1.65 bits per heavy atom. The molecule has 0 bridgehead atoms. The highest BCUT2D eigenvalue weighted by atomic mass is 16.5. The third-order valence-electron chi connectivity index (χ3n) is 4.77. The van der Waals surface area contributed by atoms with Gasteiger partial charge in [0.05, 0.1) is 23.7 Å². The fraction of sp³-hybridized carbons (Fsp3) is 0.455. The monoisotopic (exact) mass is 351 g/mol. The topological polar surface area (TPSA) is 39.4 Å². The second kappa shape index (κ2) is 7.48. The first-order valence-corrected chi connectivity index (χ1v) is 9.50. The predicted octanol–water partition coefficient (Wildman–Crippen LogP) is 5.51. The maximum Gasteiger partial charge on any atom is 0.197 e. The number of aryl methyl sites for hydroxylation is 5. The molecule has 0 fully saturated rings. The van der Waals surface area contributed by atoms with Gasteiger partial charge in [-0.15, -0.1) is 0 Å². The summed E-state index contributed by atoms with van der Waals surface area (Å²) in [4.78, 5) is 4.81. The second-order valence-electron chi connectivity index (χ2n) is 7.26. The number of fused-ring (bicyclic) bond motifs is 1. The zero-order valence-electron chi connectivity index (χ0n) is 16.8. The Morgan fingerprint density at radius 1 is 0.962 bits per heavy atom. The van der Waals surface area contributed by atoms with Crippen LogP contribution in [-0.2, 0) is 0 Å². The quantitative estimate of drug-likeness (QED) is 0.550. The normalized spacial score (nSPS) is 11.3. The Kier molecular flexibility index (Phi) is 5.30. The molecule has 26 heavy (non-hydrogen) atoms. The zero-order chi connectivity index (χ0) is 18.8. The summed E-state index contributed by atoms with van der Waals surface area (Å²) in [7, 11) is 0. The van der Waals surface area contributed by atoms with E-state index in [1.807, 2.05) is 17.5 Å². The van der Waals surface area contributed by atoms with E-state index in [4.69, 9.17) is 14.8 Å². The molecule has 138 valence electrons. The molecular formula is C22H29N3O. The fourth-order valence-electron chi connectivity index (χ4n) is 3.70. The van der Waals surface area contributed by atoms with Crippen LogP contribution in [0.3, 0.4) is 0 Å². The first-order valence-electron chi connectivity index (χ1n) is 9.50. The molecule has 0 saturated carbocycles. The minimum Gasteiger partial charge on any atom is -0.490 e. The number of benzene rings is 1. The maximum absolute atomic E-state index is 6.06. The molecule has 1 aromatic carbocycles. The summed E-state index contributed by atoms with van der Waals surface area (Å²) in [5, 5.41) is 4.76. The van der Waals surface area contributed by atoms with Crippen LogP contribution >= 0.6 is 0 Å². The van der Waals surface area contributed by atoms with Crippen LogP contribution in [-0.4, -0.2) is 21.2 Å². The van der Waals surface area contributed by atoms with Crippen molar-refractivity contribution in [3.8, 4) is 17.0 Å². The van der Waals surface area contributed by atoms with E-state index in [9.17, 15) is 0 Å². The van der Waals surface area contributed by atoms with E-state index in [1.165, 1.54) is 35.1 Å². The number of rotatable bonds is 6. The van der Waals surface area contributed by atoms with Gasteiger partial charge in [0.1, 0.15) is 0 Å². The van der Waals surface area contributed by atoms with Crippen LogP contribution in [0.25, 0.3) is 16.9 Å².